The van der Waals surface area contributed by atoms with E-state index in [4.69, 9.17) is 15.3 Å². The van der Waals surface area contributed by atoms with Crippen molar-refractivity contribution in [2.24, 2.45) is 0 Å². The lowest BCUT2D eigenvalue weighted by Crippen LogP contribution is -2.30. The number of β-amino-alcohol motifs (C(OH)–C–C–N with tert-alkyl or cyclic N) is 2. The van der Waals surface area contributed by atoms with Crippen LogP contribution in [0.15, 0.2) is 0 Å². The average Bonchev–Trinajstić information content (AvgIpc) is 2.10. The van der Waals surface area contributed by atoms with Gasteiger partial charge in [0.2, 0.25) is 0 Å². The smallest absolute Gasteiger partial charge is 0.320 e. The van der Waals surface area contributed by atoms with Crippen molar-refractivity contribution in [3.63, 3.8) is 0 Å². The fourth-order valence-corrected chi connectivity index (χ4v) is 0.933. The first-order valence-corrected chi connectivity index (χ1v) is 2.92. The molecule has 1 unspecified atom stereocenters. The number of carboxylic acid groups (broad SMARTS) is 1. The van der Waals surface area contributed by atoms with Gasteiger partial charge in [0, 0.05) is 6.42 Å². The van der Waals surface area contributed by atoms with Gasteiger partial charge in [-0.1, -0.05) is 0 Å². The number of aliphatic hydroxyl groups is 2. The van der Waals surface area contributed by atoms with Gasteiger partial charge in [0.05, 0.1) is 6.54 Å². The Morgan fingerprint density at radius 1 is 1.60 bits per heavy atom. The van der Waals surface area contributed by atoms with Crippen molar-refractivity contribution in [1.29, 1.82) is 0 Å². The van der Waals surface area contributed by atoms with Gasteiger partial charge in [-0.3, -0.25) is 10.1 Å². The summed E-state index contributed by atoms with van der Waals surface area (Å²) in [7, 11) is 0. The Bertz CT molecular complexity index is 156. The van der Waals surface area contributed by atoms with Crippen LogP contribution in [-0.2, 0) is 4.79 Å². The van der Waals surface area contributed by atoms with E-state index in [0.717, 1.165) is 0 Å². The summed E-state index contributed by atoms with van der Waals surface area (Å²) >= 11 is 0. The fraction of sp³-hybridized carbons (Fsp3) is 0.800. The molecule has 1 saturated heterocycles. The number of hydrogen-bond acceptors (Lipinski definition) is 4. The van der Waals surface area contributed by atoms with Crippen LogP contribution in [-0.4, -0.2) is 39.7 Å². The summed E-state index contributed by atoms with van der Waals surface area (Å²) in [5, 5.41) is 28.5. The molecule has 0 saturated carbocycles. The molecule has 0 radical (unpaired) electrons. The van der Waals surface area contributed by atoms with Crippen molar-refractivity contribution in [3.8, 4) is 0 Å². The molecular formula is C5H9NO4. The van der Waals surface area contributed by atoms with Crippen LogP contribution >= 0.6 is 0 Å². The highest BCUT2D eigenvalue weighted by Gasteiger charge is 2.38. The van der Waals surface area contributed by atoms with Crippen LogP contribution in [0.1, 0.15) is 6.42 Å². The molecule has 4 N–H and O–H groups in total. The normalized spacial score (nSPS) is 30.4. The summed E-state index contributed by atoms with van der Waals surface area (Å²) in [5.41, 5.74) is 0. The Morgan fingerprint density at radius 2 is 2.20 bits per heavy atom. The number of aliphatic carboxylic acids is 1. The van der Waals surface area contributed by atoms with Crippen LogP contribution in [0.4, 0.5) is 0 Å². The Balaban J connectivity index is 2.51. The molecule has 0 bridgehead atoms. The first kappa shape index (κ1) is 7.46. The van der Waals surface area contributed by atoms with E-state index in [9.17, 15) is 4.79 Å². The van der Waals surface area contributed by atoms with Gasteiger partial charge in [-0.25, -0.2) is 0 Å². The summed E-state index contributed by atoms with van der Waals surface area (Å²) < 4.78 is 0. The third-order valence-electron chi connectivity index (χ3n) is 1.46. The van der Waals surface area contributed by atoms with Gasteiger partial charge in [-0.2, -0.15) is 0 Å². The summed E-state index contributed by atoms with van der Waals surface area (Å²) in [5.74, 6) is -2.90. The standard InChI is InChI=1S/C5H9NO4/c7-4(8)3-1-5(9,10)2-6-3/h3,6,9-10H,1-2H2,(H,7,8). The van der Waals surface area contributed by atoms with Crippen molar-refractivity contribution < 1.29 is 20.1 Å². The number of nitrogens with one attached hydrogen (secondary N) is 1. The zero-order valence-corrected chi connectivity index (χ0v) is 5.24. The summed E-state index contributed by atoms with van der Waals surface area (Å²) in [6.45, 7) is -0.0794. The first-order valence-electron chi connectivity index (χ1n) is 2.92. The second-order valence-electron chi connectivity index (χ2n) is 2.46. The minimum atomic E-state index is -1.84. The Kier molecular flexibility index (Phi) is 1.63. The van der Waals surface area contributed by atoms with Crippen LogP contribution in [0, 0.1) is 0 Å². The summed E-state index contributed by atoms with van der Waals surface area (Å²) in [4.78, 5) is 10.2. The lowest BCUT2D eigenvalue weighted by atomic mass is 10.2. The Hall–Kier alpha value is -0.650. The summed E-state index contributed by atoms with van der Waals surface area (Å²) in [6.07, 6.45) is -0.150. The molecule has 0 aromatic carbocycles. The molecule has 1 aliphatic heterocycles. The molecule has 5 nitrogen and oxygen atoms in total. The Labute approximate surface area is 57.3 Å². The molecule has 0 spiro atoms. The maximum Gasteiger partial charge on any atom is 0.320 e. The van der Waals surface area contributed by atoms with Gasteiger partial charge >= 0.3 is 5.97 Å². The van der Waals surface area contributed by atoms with E-state index in [-0.39, 0.29) is 13.0 Å². The topological polar surface area (TPSA) is 89.8 Å². The monoisotopic (exact) mass is 147 g/mol. The van der Waals surface area contributed by atoms with E-state index in [1.807, 2.05) is 0 Å². The fourth-order valence-electron chi connectivity index (χ4n) is 0.933. The lowest BCUT2D eigenvalue weighted by molar-refractivity contribution is -0.151. The molecular weight excluding hydrogens is 138 g/mol. The third-order valence-corrected chi connectivity index (χ3v) is 1.46. The van der Waals surface area contributed by atoms with Crippen LogP contribution in [0.2, 0.25) is 0 Å². The molecule has 0 aromatic heterocycles. The van der Waals surface area contributed by atoms with Gasteiger partial charge in [-0.15, -0.1) is 0 Å². The van der Waals surface area contributed by atoms with Gasteiger partial charge in [0.25, 0.3) is 0 Å². The maximum atomic E-state index is 10.2. The highest BCUT2D eigenvalue weighted by molar-refractivity contribution is 5.74. The minimum Gasteiger partial charge on any atom is -0.480 e. The van der Waals surface area contributed by atoms with E-state index in [2.05, 4.69) is 5.32 Å². The second kappa shape index (κ2) is 2.19. The van der Waals surface area contributed by atoms with Gasteiger partial charge in [-0.05, 0) is 0 Å². The zero-order chi connectivity index (χ0) is 7.78. The zero-order valence-electron chi connectivity index (χ0n) is 5.24. The van der Waals surface area contributed by atoms with Crippen LogP contribution < -0.4 is 5.32 Å². The van der Waals surface area contributed by atoms with E-state index in [0.29, 0.717) is 0 Å². The second-order valence-corrected chi connectivity index (χ2v) is 2.46. The number of hydrogen-bond donors (Lipinski definition) is 4. The highest BCUT2D eigenvalue weighted by atomic mass is 16.5. The molecule has 0 aromatic rings. The van der Waals surface area contributed by atoms with E-state index < -0.39 is 17.8 Å². The van der Waals surface area contributed by atoms with Crippen molar-refractivity contribution >= 4 is 5.97 Å². The molecule has 0 aliphatic carbocycles. The molecule has 1 rings (SSSR count). The molecule has 1 fully saturated rings. The number of rotatable bonds is 1. The predicted molar refractivity (Wildman–Crippen MR) is 31.2 cm³/mol. The lowest BCUT2D eigenvalue weighted by Gasteiger charge is -2.10. The third kappa shape index (κ3) is 1.44. The van der Waals surface area contributed by atoms with Crippen LogP contribution in [0.25, 0.3) is 0 Å². The van der Waals surface area contributed by atoms with E-state index in [1.165, 1.54) is 0 Å². The van der Waals surface area contributed by atoms with Gasteiger partial charge in [0.1, 0.15) is 6.04 Å². The van der Waals surface area contributed by atoms with Crippen LogP contribution in [0.5, 0.6) is 0 Å². The predicted octanol–water partition coefficient (Wildman–Crippen LogP) is -1.89. The first-order chi connectivity index (χ1) is 4.51. The van der Waals surface area contributed by atoms with Crippen molar-refractivity contribution in [3.05, 3.63) is 0 Å². The molecule has 0 amide bonds. The SMILES string of the molecule is O=C(O)C1CC(O)(O)CN1. The van der Waals surface area contributed by atoms with Gasteiger partial charge in [0.15, 0.2) is 5.79 Å². The van der Waals surface area contributed by atoms with Crippen molar-refractivity contribution in [1.82, 2.24) is 5.32 Å². The summed E-state index contributed by atoms with van der Waals surface area (Å²) in [6, 6.07) is -0.824. The van der Waals surface area contributed by atoms with Crippen LogP contribution in [0.3, 0.4) is 0 Å². The number of carbonyl (C=O) groups is 1. The average molecular weight is 147 g/mol. The van der Waals surface area contributed by atoms with Crippen molar-refractivity contribution in [2.45, 2.75) is 18.2 Å². The highest BCUT2D eigenvalue weighted by Crippen LogP contribution is 2.15. The molecule has 1 atom stereocenters. The maximum absolute atomic E-state index is 10.2. The Morgan fingerprint density at radius 3 is 2.40 bits per heavy atom. The molecule has 5 heteroatoms. The molecule has 1 aliphatic rings. The molecule has 10 heavy (non-hydrogen) atoms. The molecule has 58 valence electrons. The number of carboxylic acids is 1. The van der Waals surface area contributed by atoms with Gasteiger partial charge < -0.3 is 15.3 Å². The largest absolute Gasteiger partial charge is 0.480 e. The minimum absolute atomic E-state index is 0.0794. The quantitative estimate of drug-likeness (QED) is 0.326. The van der Waals surface area contributed by atoms with E-state index in [1.54, 1.807) is 0 Å². The molecule has 1 heterocycles. The van der Waals surface area contributed by atoms with Crippen molar-refractivity contribution in [2.75, 3.05) is 6.54 Å². The van der Waals surface area contributed by atoms with E-state index >= 15 is 0 Å².